The van der Waals surface area contributed by atoms with E-state index in [1.54, 1.807) is 6.07 Å². The Labute approximate surface area is 159 Å². The normalized spacial score (nSPS) is 14.2. The average molecular weight is 419 g/mol. The molecule has 0 N–H and O–H groups in total. The number of sulfonamides is 1. The fourth-order valence-corrected chi connectivity index (χ4v) is 3.06. The molecule has 0 atom stereocenters. The van der Waals surface area contributed by atoms with Gasteiger partial charge in [-0.2, -0.15) is 0 Å². The summed E-state index contributed by atoms with van der Waals surface area (Å²) in [5, 5.41) is 0.475. The number of carbonyl (C=O) groups excluding carboxylic acids is 1. The van der Waals surface area contributed by atoms with Crippen LogP contribution in [-0.4, -0.2) is 29.4 Å². The summed E-state index contributed by atoms with van der Waals surface area (Å²) in [5.74, 6) is -1.38. The van der Waals surface area contributed by atoms with Gasteiger partial charge in [0, 0.05) is 29.8 Å². The largest absolute Gasteiger partial charge is 0.456 e. The number of pyridine rings is 1. The Bertz CT molecular complexity index is 980. The first-order chi connectivity index (χ1) is 12.2. The molecule has 2 aromatic rings. The van der Waals surface area contributed by atoms with E-state index >= 15 is 0 Å². The monoisotopic (exact) mass is 418 g/mol. The van der Waals surface area contributed by atoms with Gasteiger partial charge in [0.15, 0.2) is 0 Å². The van der Waals surface area contributed by atoms with E-state index in [4.69, 9.17) is 28.1 Å². The molecule has 3 rings (SSSR count). The Kier molecular flexibility index (Phi) is 5.09. The molecule has 138 valence electrons. The zero-order chi connectivity index (χ0) is 19.1. The van der Waals surface area contributed by atoms with Crippen molar-refractivity contribution in [2.24, 2.45) is 0 Å². The van der Waals surface area contributed by atoms with Crippen molar-refractivity contribution >= 4 is 39.3 Å². The van der Waals surface area contributed by atoms with E-state index in [1.807, 2.05) is 0 Å². The Hall–Kier alpha value is -1.90. The van der Waals surface area contributed by atoms with Gasteiger partial charge in [-0.05, 0) is 25.0 Å². The van der Waals surface area contributed by atoms with E-state index in [0.29, 0.717) is 16.7 Å². The van der Waals surface area contributed by atoms with Crippen molar-refractivity contribution in [2.45, 2.75) is 18.8 Å². The highest BCUT2D eigenvalue weighted by Crippen LogP contribution is 2.42. The molecule has 1 aliphatic rings. The summed E-state index contributed by atoms with van der Waals surface area (Å²) in [6.45, 7) is 0. The minimum absolute atomic E-state index is 0.0494. The third-order valence-electron chi connectivity index (χ3n) is 3.67. The Balaban J connectivity index is 1.79. The summed E-state index contributed by atoms with van der Waals surface area (Å²) in [6, 6.07) is 4.93. The number of hydrogen-bond donors (Lipinski definition) is 0. The molecule has 1 aromatic carbocycles. The topological polar surface area (TPSA) is 76.6 Å². The molecule has 0 saturated heterocycles. The van der Waals surface area contributed by atoms with Gasteiger partial charge in [-0.1, -0.05) is 11.6 Å². The zero-order valence-electron chi connectivity index (χ0n) is 13.4. The van der Waals surface area contributed by atoms with Gasteiger partial charge >= 0.3 is 0 Å². The lowest BCUT2D eigenvalue weighted by molar-refractivity contribution is 0.0919. The van der Waals surface area contributed by atoms with Gasteiger partial charge < -0.3 is 4.74 Å². The number of halogens is 3. The Morgan fingerprint density at radius 2 is 2.00 bits per heavy atom. The van der Waals surface area contributed by atoms with Gasteiger partial charge in [0.05, 0.1) is 28.7 Å². The number of aromatic nitrogens is 1. The SMILES string of the molecule is CS(=O)(=O)N(Cl)C(=O)c1ccc(Oc2cnc(C3CC3)c(Cl)c2)cc1F. The fraction of sp³-hybridized carbons (Fsp3) is 0.250. The summed E-state index contributed by atoms with van der Waals surface area (Å²) < 4.78 is 42.2. The van der Waals surface area contributed by atoms with Gasteiger partial charge in [0.25, 0.3) is 5.91 Å². The lowest BCUT2D eigenvalue weighted by Crippen LogP contribution is -2.28. The number of nitrogens with zero attached hydrogens (tertiary/aromatic N) is 2. The molecule has 1 aliphatic carbocycles. The van der Waals surface area contributed by atoms with Crippen molar-refractivity contribution in [3.05, 3.63) is 52.6 Å². The van der Waals surface area contributed by atoms with E-state index < -0.39 is 27.3 Å². The smallest absolute Gasteiger partial charge is 0.285 e. The van der Waals surface area contributed by atoms with E-state index in [-0.39, 0.29) is 9.57 Å². The van der Waals surface area contributed by atoms with Gasteiger partial charge in [-0.3, -0.25) is 9.78 Å². The van der Waals surface area contributed by atoms with Crippen LogP contribution >= 0.6 is 23.4 Å². The summed E-state index contributed by atoms with van der Waals surface area (Å²) in [6.07, 6.45) is 4.33. The van der Waals surface area contributed by atoms with Crippen LogP contribution in [0.3, 0.4) is 0 Å². The Morgan fingerprint density at radius 1 is 1.31 bits per heavy atom. The van der Waals surface area contributed by atoms with E-state index in [0.717, 1.165) is 36.9 Å². The number of hydrogen-bond acceptors (Lipinski definition) is 5. The minimum Gasteiger partial charge on any atom is -0.456 e. The van der Waals surface area contributed by atoms with E-state index in [2.05, 4.69) is 4.98 Å². The molecule has 1 heterocycles. The predicted octanol–water partition coefficient (Wildman–Crippen LogP) is 4.10. The molecule has 0 bridgehead atoms. The number of carbonyl (C=O) groups is 1. The third-order valence-corrected chi connectivity index (χ3v) is 5.62. The molecular formula is C16H13Cl2FN2O4S. The highest BCUT2D eigenvalue weighted by molar-refractivity contribution is 7.89. The predicted molar refractivity (Wildman–Crippen MR) is 94.6 cm³/mol. The number of amides is 1. The minimum atomic E-state index is -4.01. The maximum Gasteiger partial charge on any atom is 0.285 e. The third kappa shape index (κ3) is 4.08. The molecule has 1 saturated carbocycles. The van der Waals surface area contributed by atoms with E-state index in [1.165, 1.54) is 12.3 Å². The van der Waals surface area contributed by atoms with Crippen molar-refractivity contribution in [2.75, 3.05) is 6.26 Å². The number of rotatable bonds is 5. The van der Waals surface area contributed by atoms with Crippen LogP contribution in [0.1, 0.15) is 34.8 Å². The average Bonchev–Trinajstić information content (AvgIpc) is 3.38. The molecule has 0 spiro atoms. The van der Waals surface area contributed by atoms with Crippen LogP contribution in [-0.2, 0) is 10.0 Å². The second-order valence-electron chi connectivity index (χ2n) is 5.84. The Morgan fingerprint density at radius 3 is 2.54 bits per heavy atom. The van der Waals surface area contributed by atoms with Gasteiger partial charge in [-0.15, -0.1) is 3.82 Å². The second-order valence-corrected chi connectivity index (χ2v) is 8.62. The van der Waals surface area contributed by atoms with Gasteiger partial charge in [0.1, 0.15) is 17.3 Å². The zero-order valence-corrected chi connectivity index (χ0v) is 15.8. The van der Waals surface area contributed by atoms with Crippen LogP contribution in [0.15, 0.2) is 30.5 Å². The van der Waals surface area contributed by atoms with Crippen LogP contribution in [0.25, 0.3) is 0 Å². The quantitative estimate of drug-likeness (QED) is 0.683. The molecular weight excluding hydrogens is 406 g/mol. The van der Waals surface area contributed by atoms with Crippen LogP contribution in [0.2, 0.25) is 5.02 Å². The lowest BCUT2D eigenvalue weighted by Gasteiger charge is -2.12. The molecule has 26 heavy (non-hydrogen) atoms. The molecule has 1 amide bonds. The van der Waals surface area contributed by atoms with Gasteiger partial charge in [0.2, 0.25) is 10.0 Å². The maximum absolute atomic E-state index is 14.2. The van der Waals surface area contributed by atoms with Crippen molar-refractivity contribution in [3.8, 4) is 11.5 Å². The second kappa shape index (κ2) is 7.02. The first-order valence-corrected chi connectivity index (χ1v) is 10.1. The molecule has 1 fully saturated rings. The summed E-state index contributed by atoms with van der Waals surface area (Å²) >= 11 is 11.6. The summed E-state index contributed by atoms with van der Waals surface area (Å²) in [7, 11) is -4.01. The van der Waals surface area contributed by atoms with Crippen LogP contribution in [0.4, 0.5) is 4.39 Å². The fourth-order valence-electron chi connectivity index (χ4n) is 2.26. The van der Waals surface area contributed by atoms with Crippen molar-refractivity contribution < 1.29 is 22.3 Å². The molecule has 0 unspecified atom stereocenters. The molecule has 1 aromatic heterocycles. The van der Waals surface area contributed by atoms with Gasteiger partial charge in [-0.25, -0.2) is 12.8 Å². The maximum atomic E-state index is 14.2. The number of ether oxygens (including phenoxy) is 1. The summed E-state index contributed by atoms with van der Waals surface area (Å²) in [5.41, 5.74) is 0.312. The van der Waals surface area contributed by atoms with Crippen LogP contribution in [0.5, 0.6) is 11.5 Å². The van der Waals surface area contributed by atoms with Crippen LogP contribution in [0, 0.1) is 5.82 Å². The molecule has 0 radical (unpaired) electrons. The molecule has 6 nitrogen and oxygen atoms in total. The highest BCUT2D eigenvalue weighted by atomic mass is 35.5. The summed E-state index contributed by atoms with van der Waals surface area (Å²) in [4.78, 5) is 16.2. The van der Waals surface area contributed by atoms with Crippen molar-refractivity contribution in [1.82, 2.24) is 8.81 Å². The first-order valence-electron chi connectivity index (χ1n) is 7.50. The van der Waals surface area contributed by atoms with Crippen molar-refractivity contribution in [1.29, 1.82) is 0 Å². The molecule has 10 heteroatoms. The number of benzene rings is 1. The van der Waals surface area contributed by atoms with Crippen molar-refractivity contribution in [3.63, 3.8) is 0 Å². The molecule has 0 aliphatic heterocycles. The first kappa shape index (κ1) is 18.9. The lowest BCUT2D eigenvalue weighted by atomic mass is 10.2. The van der Waals surface area contributed by atoms with E-state index in [9.17, 15) is 17.6 Å². The van der Waals surface area contributed by atoms with Crippen LogP contribution < -0.4 is 4.74 Å². The highest BCUT2D eigenvalue weighted by Gasteiger charge is 2.28. The standard InChI is InChI=1S/C16H13Cl2FN2O4S/c1-26(23,24)21(18)16(22)12-5-4-10(7-14(12)19)25-11-6-13(17)15(20-8-11)9-2-3-9/h4-9H,2-3H2,1H3.